The quantitative estimate of drug-likeness (QED) is 0.474. The highest BCUT2D eigenvalue weighted by molar-refractivity contribution is 14.1. The number of fused-ring (bicyclic) bond motifs is 1. The minimum absolute atomic E-state index is 0.354. The van der Waals surface area contributed by atoms with Crippen molar-refractivity contribution in [2.75, 3.05) is 0 Å². The predicted octanol–water partition coefficient (Wildman–Crippen LogP) is 5.70. The molecule has 3 rings (SSSR count). The lowest BCUT2D eigenvalue weighted by Crippen LogP contribution is -2.27. The number of para-hydroxylation sites is 1. The Kier molecular flexibility index (Phi) is 4.19. The van der Waals surface area contributed by atoms with Gasteiger partial charge in [0.25, 0.3) is 0 Å². The first-order valence-electron chi connectivity index (χ1n) is 7.45. The van der Waals surface area contributed by atoms with Crippen LogP contribution in [0.4, 0.5) is 4.79 Å². The van der Waals surface area contributed by atoms with Crippen LogP contribution in [0.5, 0.6) is 0 Å². The van der Waals surface area contributed by atoms with E-state index in [1.807, 2.05) is 75.4 Å². The smallest absolute Gasteiger partial charge is 0.419 e. The fourth-order valence-electron chi connectivity index (χ4n) is 2.49. The van der Waals surface area contributed by atoms with Crippen LogP contribution in [0.2, 0.25) is 0 Å². The molecule has 0 aliphatic heterocycles. The molecule has 0 bridgehead atoms. The summed E-state index contributed by atoms with van der Waals surface area (Å²) in [6, 6.07) is 18.0. The Labute approximate surface area is 149 Å². The summed E-state index contributed by atoms with van der Waals surface area (Å²) >= 11 is 2.27. The Morgan fingerprint density at radius 1 is 1.04 bits per heavy atom. The predicted molar refractivity (Wildman–Crippen MR) is 102 cm³/mol. The zero-order valence-electron chi connectivity index (χ0n) is 13.3. The summed E-state index contributed by atoms with van der Waals surface area (Å²) in [6.45, 7) is 5.63. The molecule has 23 heavy (non-hydrogen) atoms. The molecule has 0 N–H and O–H groups in total. The van der Waals surface area contributed by atoms with E-state index >= 15 is 0 Å². The number of ether oxygens (including phenoxy) is 1. The van der Waals surface area contributed by atoms with Gasteiger partial charge in [0.05, 0.1) is 11.2 Å². The van der Waals surface area contributed by atoms with E-state index in [1.165, 1.54) is 0 Å². The monoisotopic (exact) mass is 419 g/mol. The van der Waals surface area contributed by atoms with E-state index in [9.17, 15) is 4.79 Å². The molecule has 1 aromatic heterocycles. The summed E-state index contributed by atoms with van der Waals surface area (Å²) in [4.78, 5) is 12.7. The number of benzene rings is 2. The van der Waals surface area contributed by atoms with Crippen molar-refractivity contribution in [3.8, 4) is 11.3 Å². The van der Waals surface area contributed by atoms with Crippen molar-refractivity contribution in [1.82, 2.24) is 4.57 Å². The second kappa shape index (κ2) is 6.00. The van der Waals surface area contributed by atoms with E-state index in [4.69, 9.17) is 4.74 Å². The molecule has 0 amide bonds. The molecule has 0 atom stereocenters. The maximum atomic E-state index is 12.7. The number of rotatable bonds is 1. The third-order valence-electron chi connectivity index (χ3n) is 3.43. The summed E-state index contributed by atoms with van der Waals surface area (Å²) in [6.07, 6.45) is -0.354. The average molecular weight is 419 g/mol. The van der Waals surface area contributed by atoms with E-state index in [0.29, 0.717) is 0 Å². The summed E-state index contributed by atoms with van der Waals surface area (Å²) in [5, 5.41) is 1.02. The van der Waals surface area contributed by atoms with E-state index in [2.05, 4.69) is 22.6 Å². The van der Waals surface area contributed by atoms with Crippen LogP contribution in [-0.2, 0) is 4.74 Å². The third kappa shape index (κ3) is 3.42. The van der Waals surface area contributed by atoms with Crippen molar-refractivity contribution in [1.29, 1.82) is 0 Å². The average Bonchev–Trinajstić information content (AvgIpc) is 2.85. The molecule has 0 saturated carbocycles. The van der Waals surface area contributed by atoms with Crippen LogP contribution in [0.3, 0.4) is 0 Å². The molecule has 0 aliphatic carbocycles. The fourth-order valence-corrected chi connectivity index (χ4v) is 2.85. The molecule has 4 heteroatoms. The van der Waals surface area contributed by atoms with E-state index in [-0.39, 0.29) is 6.09 Å². The zero-order valence-corrected chi connectivity index (χ0v) is 15.5. The van der Waals surface area contributed by atoms with Gasteiger partial charge in [0.15, 0.2) is 0 Å². The number of hydrogen-bond donors (Lipinski definition) is 0. The van der Waals surface area contributed by atoms with Crippen LogP contribution in [0, 0.1) is 3.57 Å². The number of hydrogen-bond acceptors (Lipinski definition) is 2. The van der Waals surface area contributed by atoms with Gasteiger partial charge in [0.2, 0.25) is 0 Å². The molecular formula is C19H18INO2. The Bertz CT molecular complexity index is 857. The van der Waals surface area contributed by atoms with Crippen LogP contribution in [0.25, 0.3) is 22.2 Å². The van der Waals surface area contributed by atoms with Crippen molar-refractivity contribution in [3.63, 3.8) is 0 Å². The first kappa shape index (κ1) is 16.1. The lowest BCUT2D eigenvalue weighted by atomic mass is 10.1. The van der Waals surface area contributed by atoms with Gasteiger partial charge in [-0.15, -0.1) is 0 Å². The van der Waals surface area contributed by atoms with Crippen molar-refractivity contribution < 1.29 is 9.53 Å². The molecule has 0 unspecified atom stereocenters. The van der Waals surface area contributed by atoms with Gasteiger partial charge in [0.1, 0.15) is 5.60 Å². The molecule has 1 heterocycles. The van der Waals surface area contributed by atoms with Crippen molar-refractivity contribution in [3.05, 3.63) is 58.2 Å². The van der Waals surface area contributed by atoms with Gasteiger partial charge >= 0.3 is 6.09 Å². The second-order valence-electron chi connectivity index (χ2n) is 6.41. The molecule has 3 nitrogen and oxygen atoms in total. The topological polar surface area (TPSA) is 31.2 Å². The lowest BCUT2D eigenvalue weighted by Gasteiger charge is -2.21. The molecule has 0 aliphatic rings. The number of carbonyl (C=O) groups excluding carboxylic acids is 1. The summed E-state index contributed by atoms with van der Waals surface area (Å²) in [5.74, 6) is 0. The molecule has 0 saturated heterocycles. The van der Waals surface area contributed by atoms with E-state index < -0.39 is 5.60 Å². The molecule has 118 valence electrons. The molecule has 0 fully saturated rings. The number of carbonyl (C=O) groups is 1. The van der Waals surface area contributed by atoms with Crippen molar-refractivity contribution >= 4 is 39.6 Å². The van der Waals surface area contributed by atoms with Gasteiger partial charge in [-0.2, -0.15) is 0 Å². The highest BCUT2D eigenvalue weighted by atomic mass is 127. The zero-order chi connectivity index (χ0) is 16.6. The van der Waals surface area contributed by atoms with Crippen molar-refractivity contribution in [2.45, 2.75) is 26.4 Å². The Morgan fingerprint density at radius 3 is 2.35 bits per heavy atom. The standard InChI is InChI=1S/C19H18INO2/c1-19(2,3)23-18(22)21-16-7-5-4-6-14(16)12-17(21)13-8-10-15(20)11-9-13/h4-12H,1-3H3. The Balaban J connectivity index is 2.19. The summed E-state index contributed by atoms with van der Waals surface area (Å²) < 4.78 is 8.41. The fraction of sp³-hybridized carbons (Fsp3) is 0.211. The van der Waals surface area contributed by atoms with E-state index in [0.717, 1.165) is 25.7 Å². The number of halogens is 1. The van der Waals surface area contributed by atoms with Crippen molar-refractivity contribution in [2.24, 2.45) is 0 Å². The van der Waals surface area contributed by atoms with Gasteiger partial charge in [-0.25, -0.2) is 9.36 Å². The van der Waals surface area contributed by atoms with Crippen LogP contribution in [-0.4, -0.2) is 16.3 Å². The summed E-state index contributed by atoms with van der Waals surface area (Å²) in [5.41, 5.74) is 2.16. The molecule has 0 spiro atoms. The molecule has 0 radical (unpaired) electrons. The van der Waals surface area contributed by atoms with Gasteiger partial charge in [-0.1, -0.05) is 30.3 Å². The molecule has 3 aromatic rings. The maximum absolute atomic E-state index is 12.7. The van der Waals surface area contributed by atoms with Gasteiger partial charge < -0.3 is 4.74 Å². The first-order chi connectivity index (χ1) is 10.8. The SMILES string of the molecule is CC(C)(C)OC(=O)n1c(-c2ccc(I)cc2)cc2ccccc21. The van der Waals surface area contributed by atoms with Crippen LogP contribution >= 0.6 is 22.6 Å². The lowest BCUT2D eigenvalue weighted by molar-refractivity contribution is 0.0547. The highest BCUT2D eigenvalue weighted by Gasteiger charge is 2.22. The van der Waals surface area contributed by atoms with Crippen LogP contribution in [0.1, 0.15) is 20.8 Å². The maximum Gasteiger partial charge on any atom is 0.419 e. The number of nitrogens with zero attached hydrogens (tertiary/aromatic N) is 1. The second-order valence-corrected chi connectivity index (χ2v) is 7.66. The number of aromatic nitrogens is 1. The van der Waals surface area contributed by atoms with Gasteiger partial charge in [-0.05, 0) is 73.2 Å². The Hall–Kier alpha value is -1.82. The van der Waals surface area contributed by atoms with Crippen LogP contribution < -0.4 is 0 Å². The third-order valence-corrected chi connectivity index (χ3v) is 4.15. The summed E-state index contributed by atoms with van der Waals surface area (Å²) in [7, 11) is 0. The Morgan fingerprint density at radius 2 is 1.70 bits per heavy atom. The highest BCUT2D eigenvalue weighted by Crippen LogP contribution is 2.29. The minimum Gasteiger partial charge on any atom is -0.443 e. The van der Waals surface area contributed by atoms with Gasteiger partial charge in [0, 0.05) is 8.96 Å². The minimum atomic E-state index is -0.536. The van der Waals surface area contributed by atoms with Crippen LogP contribution in [0.15, 0.2) is 54.6 Å². The molecular weight excluding hydrogens is 401 g/mol. The largest absolute Gasteiger partial charge is 0.443 e. The molecule has 2 aromatic carbocycles. The van der Waals surface area contributed by atoms with Gasteiger partial charge in [-0.3, -0.25) is 0 Å². The normalized spacial score (nSPS) is 11.7. The van der Waals surface area contributed by atoms with E-state index in [1.54, 1.807) is 4.57 Å². The first-order valence-corrected chi connectivity index (χ1v) is 8.53.